The van der Waals surface area contributed by atoms with E-state index < -0.39 is 34.0 Å². The van der Waals surface area contributed by atoms with E-state index in [0.29, 0.717) is 41.8 Å². The number of benzene rings is 4. The molecule has 3 heterocycles. The van der Waals surface area contributed by atoms with Gasteiger partial charge in [0.05, 0.1) is 23.1 Å². The summed E-state index contributed by atoms with van der Waals surface area (Å²) in [6, 6.07) is 24.3. The number of amides is 2. The predicted octanol–water partition coefficient (Wildman–Crippen LogP) is 7.39. The van der Waals surface area contributed by atoms with Crippen molar-refractivity contribution in [1.29, 1.82) is 0 Å². The van der Waals surface area contributed by atoms with Crippen molar-refractivity contribution in [1.82, 2.24) is 15.0 Å². The predicted molar refractivity (Wildman–Crippen MR) is 217 cm³/mol. The molecule has 7 rings (SSSR count). The zero-order chi connectivity index (χ0) is 44.6. The molecule has 0 spiro atoms. The Bertz CT molecular complexity index is 2550. The van der Waals surface area contributed by atoms with E-state index in [1.165, 1.54) is 48.5 Å². The highest BCUT2D eigenvalue weighted by Crippen LogP contribution is 2.28. The summed E-state index contributed by atoms with van der Waals surface area (Å²) >= 11 is 0. The van der Waals surface area contributed by atoms with E-state index >= 15 is 0 Å². The number of hydrogen-bond donors (Lipinski definition) is 3. The second-order valence-electron chi connectivity index (χ2n) is 13.0. The molecule has 2 amide bonds. The number of nitrogens with zero attached hydrogens (tertiary/aromatic N) is 5. The van der Waals surface area contributed by atoms with Gasteiger partial charge < -0.3 is 29.5 Å². The van der Waals surface area contributed by atoms with Crippen molar-refractivity contribution in [2.45, 2.75) is 38.5 Å². The Kier molecular flexibility index (Phi) is 15.5. The molecule has 1 aliphatic rings. The Balaban J connectivity index is 0.000000193. The zero-order valence-electron chi connectivity index (χ0n) is 32.5. The summed E-state index contributed by atoms with van der Waals surface area (Å²) in [6.07, 6.45) is 3.62. The maximum absolute atomic E-state index is 11.7. The van der Waals surface area contributed by atoms with Crippen LogP contribution in [0.4, 0.5) is 21.0 Å². The van der Waals surface area contributed by atoms with Crippen LogP contribution in [0.2, 0.25) is 0 Å². The number of phenols is 3. The smallest absolute Gasteiger partial charge is 0.508 e. The quantitative estimate of drug-likeness (QED) is 0.0270. The van der Waals surface area contributed by atoms with Crippen LogP contribution in [0.5, 0.6) is 23.0 Å². The van der Waals surface area contributed by atoms with Gasteiger partial charge in [-0.15, -0.1) is 0 Å². The first-order valence-corrected chi connectivity index (χ1v) is 18.6. The largest absolute Gasteiger partial charge is 0.533 e. The van der Waals surface area contributed by atoms with Crippen LogP contribution in [0.3, 0.4) is 0 Å². The molecule has 0 radical (unpaired) electrons. The monoisotopic (exact) mass is 851 g/mol. The molecule has 1 fully saturated rings. The minimum Gasteiger partial charge on any atom is -0.508 e. The maximum atomic E-state index is 11.7. The molecule has 20 nitrogen and oxygen atoms in total. The lowest BCUT2D eigenvalue weighted by Crippen LogP contribution is -2.32. The lowest BCUT2D eigenvalue weighted by molar-refractivity contribution is -0.385. The van der Waals surface area contributed by atoms with Gasteiger partial charge in [0.2, 0.25) is 0 Å². The van der Waals surface area contributed by atoms with Gasteiger partial charge in [0, 0.05) is 60.3 Å². The van der Waals surface area contributed by atoms with Gasteiger partial charge in [-0.1, -0.05) is 29.3 Å². The second-order valence-corrected chi connectivity index (χ2v) is 13.0. The topological polar surface area (TPSA) is 281 Å². The fourth-order valence-corrected chi connectivity index (χ4v) is 5.80. The van der Waals surface area contributed by atoms with E-state index in [4.69, 9.17) is 19.3 Å². The number of nitro benzene ring substituents is 2. The molecule has 1 saturated heterocycles. The first-order chi connectivity index (χ1) is 29.8. The van der Waals surface area contributed by atoms with Crippen molar-refractivity contribution in [3.8, 4) is 23.0 Å². The molecule has 0 unspecified atom stereocenters. The Hall–Kier alpha value is -8.42. The Morgan fingerprint density at radius 2 is 1.08 bits per heavy atom. The minimum absolute atomic E-state index is 0.0159. The number of hydroxylamine groups is 2. The van der Waals surface area contributed by atoms with Crippen LogP contribution in [0, 0.1) is 20.2 Å². The molecule has 6 aromatic rings. The molecule has 4 aromatic carbocycles. The van der Waals surface area contributed by atoms with Gasteiger partial charge in [-0.3, -0.25) is 44.6 Å². The fourth-order valence-electron chi connectivity index (χ4n) is 5.80. The molecular weight excluding hydrogens is 814 g/mol. The molecule has 320 valence electrons. The number of carbonyl (C=O) groups excluding carboxylic acids is 4. The van der Waals surface area contributed by atoms with Crippen LogP contribution in [-0.4, -0.2) is 77.5 Å². The number of carbonyl (C=O) groups is 4. The van der Waals surface area contributed by atoms with Gasteiger partial charge in [-0.25, -0.2) is 9.59 Å². The summed E-state index contributed by atoms with van der Waals surface area (Å²) < 4.78 is 14.9. The number of fused-ring (bicyclic) bond motifs is 2. The van der Waals surface area contributed by atoms with Crippen molar-refractivity contribution in [3.05, 3.63) is 141 Å². The first kappa shape index (κ1) is 44.7. The molecule has 3 N–H and O–H groups in total. The standard InChI is InChI=1S/C19H16N2O6.C17H16N2O6.C6H5NO3/c22-17-10-5-13(16-4-1-11-20-18(16)17)3-2-12-26-19(23)27-15-8-6-14(7-9-15)21(24)25;20-13-6-5-11(12-4-1-9-18-16(12)13)3-2-10-24-17(23)25-19-14(21)7-8-15(19)22;8-6-3-1-5(2-4-6)7(9)10/h1,4-11,22H,2-3,12H2;1,4-6,9,20H,2-3,7-8,10H2;1-4,8H. The van der Waals surface area contributed by atoms with Crippen LogP contribution >= 0.6 is 0 Å². The maximum Gasteiger partial charge on any atom is 0.533 e. The van der Waals surface area contributed by atoms with E-state index in [1.807, 2.05) is 18.2 Å². The van der Waals surface area contributed by atoms with Crippen molar-refractivity contribution in [2.24, 2.45) is 0 Å². The van der Waals surface area contributed by atoms with Gasteiger partial charge >= 0.3 is 12.3 Å². The van der Waals surface area contributed by atoms with E-state index in [9.17, 15) is 49.6 Å². The number of imide groups is 1. The number of aryl methyl sites for hydroxylation is 2. The summed E-state index contributed by atoms with van der Waals surface area (Å²) in [5.74, 6) is -0.668. The number of hydrogen-bond acceptors (Lipinski definition) is 17. The highest BCUT2D eigenvalue weighted by atomic mass is 16.8. The highest BCUT2D eigenvalue weighted by Gasteiger charge is 2.33. The Morgan fingerprint density at radius 1 is 0.629 bits per heavy atom. The second kappa shape index (κ2) is 21.5. The number of rotatable bonds is 12. The minimum atomic E-state index is -1.08. The van der Waals surface area contributed by atoms with Gasteiger partial charge in [-0.2, -0.15) is 0 Å². The van der Waals surface area contributed by atoms with Gasteiger partial charge in [0.25, 0.3) is 23.2 Å². The third-order valence-corrected chi connectivity index (χ3v) is 8.78. The highest BCUT2D eigenvalue weighted by molar-refractivity contribution is 6.01. The van der Waals surface area contributed by atoms with Crippen molar-refractivity contribution >= 4 is 57.3 Å². The molecule has 20 heteroatoms. The molecule has 2 aromatic heterocycles. The number of ether oxygens (including phenoxy) is 3. The molecular formula is C42H37N5O15. The normalized spacial score (nSPS) is 11.8. The summed E-state index contributed by atoms with van der Waals surface area (Å²) in [6.45, 7) is 0.214. The number of aromatic nitrogens is 2. The number of phenolic OH excluding ortho intramolecular Hbond substituents is 3. The van der Waals surface area contributed by atoms with Crippen LogP contribution < -0.4 is 4.74 Å². The average Bonchev–Trinajstić information content (AvgIpc) is 3.58. The SMILES string of the molecule is O=C(OCCCc1ccc(O)c2ncccc12)ON1C(=O)CCC1=O.O=C(OCCCc1ccc(O)c2ncccc12)Oc1ccc([N+](=O)[O-])cc1.O=[N+]([O-])c1ccc(O)cc1. The lowest BCUT2D eigenvalue weighted by Gasteiger charge is -2.12. The van der Waals surface area contributed by atoms with E-state index in [-0.39, 0.29) is 60.4 Å². The first-order valence-electron chi connectivity index (χ1n) is 18.6. The third-order valence-electron chi connectivity index (χ3n) is 8.78. The Morgan fingerprint density at radius 3 is 1.55 bits per heavy atom. The molecule has 1 aliphatic heterocycles. The summed E-state index contributed by atoms with van der Waals surface area (Å²) in [4.78, 5) is 78.3. The van der Waals surface area contributed by atoms with Crippen LogP contribution in [0.1, 0.15) is 36.8 Å². The molecule has 0 bridgehead atoms. The fraction of sp³-hybridized carbons (Fsp3) is 0.190. The Labute approximate surface area is 350 Å². The number of non-ortho nitro benzene ring substituents is 2. The van der Waals surface area contributed by atoms with Crippen LogP contribution in [0.25, 0.3) is 21.8 Å². The van der Waals surface area contributed by atoms with Gasteiger partial charge in [0.1, 0.15) is 34.0 Å². The van der Waals surface area contributed by atoms with E-state index in [2.05, 4.69) is 14.8 Å². The number of aromatic hydroxyl groups is 3. The molecule has 0 aliphatic carbocycles. The molecule has 0 atom stereocenters. The number of pyridine rings is 2. The third kappa shape index (κ3) is 12.5. The average molecular weight is 852 g/mol. The van der Waals surface area contributed by atoms with Crippen LogP contribution in [-0.2, 0) is 36.7 Å². The number of nitro groups is 2. The van der Waals surface area contributed by atoms with Gasteiger partial charge in [0.15, 0.2) is 0 Å². The van der Waals surface area contributed by atoms with Crippen molar-refractivity contribution in [3.63, 3.8) is 0 Å². The lowest BCUT2D eigenvalue weighted by atomic mass is 10.0. The van der Waals surface area contributed by atoms with Crippen molar-refractivity contribution in [2.75, 3.05) is 13.2 Å². The van der Waals surface area contributed by atoms with E-state index in [0.717, 1.165) is 21.9 Å². The summed E-state index contributed by atoms with van der Waals surface area (Å²) in [7, 11) is 0. The van der Waals surface area contributed by atoms with Crippen molar-refractivity contribution < 1.29 is 63.4 Å². The van der Waals surface area contributed by atoms with E-state index in [1.54, 1.807) is 42.7 Å². The molecule has 62 heavy (non-hydrogen) atoms. The summed E-state index contributed by atoms with van der Waals surface area (Å²) in [5, 5.41) is 51.1. The summed E-state index contributed by atoms with van der Waals surface area (Å²) in [5.41, 5.74) is 2.90. The zero-order valence-corrected chi connectivity index (χ0v) is 32.5. The van der Waals surface area contributed by atoms with Gasteiger partial charge in [-0.05, 0) is 85.3 Å². The molecule has 0 saturated carbocycles. The van der Waals surface area contributed by atoms with Crippen LogP contribution in [0.15, 0.2) is 109 Å².